The van der Waals surface area contributed by atoms with Gasteiger partial charge in [0.25, 0.3) is 0 Å². The van der Waals surface area contributed by atoms with Gasteiger partial charge in [-0.2, -0.15) is 0 Å². The molecule has 0 radical (unpaired) electrons. The minimum absolute atomic E-state index is 0.154. The number of ether oxygens (including phenoxy) is 5. The van der Waals surface area contributed by atoms with Gasteiger partial charge in [0.05, 0.1) is 22.3 Å². The van der Waals surface area contributed by atoms with E-state index in [4.69, 9.17) is 23.7 Å². The van der Waals surface area contributed by atoms with Crippen molar-refractivity contribution < 1.29 is 48.0 Å². The van der Waals surface area contributed by atoms with Crippen molar-refractivity contribution >= 4 is 23.9 Å². The molecule has 1 saturated heterocycles. The van der Waals surface area contributed by atoms with Crippen LogP contribution in [0.5, 0.6) is 0 Å². The summed E-state index contributed by atoms with van der Waals surface area (Å²) in [7, 11) is 0. The Labute approximate surface area is 252 Å². The summed E-state index contributed by atoms with van der Waals surface area (Å²) in [6, 6.07) is 32.1. The second kappa shape index (κ2) is 14.2. The fourth-order valence-electron chi connectivity index (χ4n) is 4.54. The number of esters is 4. The molecule has 1 heterocycles. The summed E-state index contributed by atoms with van der Waals surface area (Å²) in [4.78, 5) is 52.3. The third-order valence-electron chi connectivity index (χ3n) is 6.76. The summed E-state index contributed by atoms with van der Waals surface area (Å²) < 4.78 is 28.4. The molecule has 0 saturated carbocycles. The fourth-order valence-corrected chi connectivity index (χ4v) is 4.54. The Hall–Kier alpha value is -5.32. The molecule has 5 rings (SSSR count). The quantitative estimate of drug-likeness (QED) is 0.221. The second-order valence-electron chi connectivity index (χ2n) is 9.74. The highest BCUT2D eigenvalue weighted by Gasteiger charge is 2.52. The van der Waals surface area contributed by atoms with Crippen molar-refractivity contribution in [1.82, 2.24) is 0 Å². The molecule has 44 heavy (non-hydrogen) atoms. The molecular formula is C34H28O10. The van der Waals surface area contributed by atoms with E-state index in [0.717, 1.165) is 0 Å². The second-order valence-corrected chi connectivity index (χ2v) is 9.74. The largest absolute Gasteiger partial charge is 0.459 e. The van der Waals surface area contributed by atoms with E-state index in [1.54, 1.807) is 84.9 Å². The number of hydrogen-bond donors (Lipinski definition) is 1. The van der Waals surface area contributed by atoms with Crippen LogP contribution in [-0.2, 0) is 23.7 Å². The zero-order valence-corrected chi connectivity index (χ0v) is 23.3. The monoisotopic (exact) mass is 596 g/mol. The number of rotatable bonds is 9. The fraction of sp³-hybridized carbons (Fsp3) is 0.176. The predicted molar refractivity (Wildman–Crippen MR) is 155 cm³/mol. The smallest absolute Gasteiger partial charge is 0.338 e. The lowest BCUT2D eigenvalue weighted by Gasteiger charge is -2.42. The van der Waals surface area contributed by atoms with Crippen molar-refractivity contribution in [3.8, 4) is 0 Å². The molecule has 4 aromatic rings. The summed E-state index contributed by atoms with van der Waals surface area (Å²) >= 11 is 0. The van der Waals surface area contributed by atoms with Crippen molar-refractivity contribution in [2.75, 3.05) is 6.61 Å². The Bertz CT molecular complexity index is 1560. The lowest BCUT2D eigenvalue weighted by molar-refractivity contribution is -0.284. The maximum Gasteiger partial charge on any atom is 0.338 e. The van der Waals surface area contributed by atoms with Gasteiger partial charge in [-0.25, -0.2) is 19.2 Å². The minimum Gasteiger partial charge on any atom is -0.459 e. The lowest BCUT2D eigenvalue weighted by atomic mass is 9.97. The van der Waals surface area contributed by atoms with E-state index in [2.05, 4.69) is 0 Å². The summed E-state index contributed by atoms with van der Waals surface area (Å²) in [5.41, 5.74) is 0.736. The van der Waals surface area contributed by atoms with Gasteiger partial charge in [-0.15, -0.1) is 0 Å². The normalized spacial score (nSPS) is 21.0. The molecule has 1 fully saturated rings. The van der Waals surface area contributed by atoms with Crippen LogP contribution in [-0.4, -0.2) is 66.3 Å². The summed E-state index contributed by atoms with van der Waals surface area (Å²) in [5.74, 6) is -3.21. The molecule has 0 bridgehead atoms. The van der Waals surface area contributed by atoms with Gasteiger partial charge in [0.2, 0.25) is 0 Å². The van der Waals surface area contributed by atoms with Crippen LogP contribution >= 0.6 is 0 Å². The summed E-state index contributed by atoms with van der Waals surface area (Å²) in [6.45, 7) is -0.504. The molecule has 2 unspecified atom stereocenters. The van der Waals surface area contributed by atoms with E-state index >= 15 is 0 Å². The summed E-state index contributed by atoms with van der Waals surface area (Å²) in [5, 5.41) is 11.1. The topological polar surface area (TPSA) is 135 Å². The maximum atomic E-state index is 13.3. The van der Waals surface area contributed by atoms with E-state index in [1.807, 2.05) is 0 Å². The Morgan fingerprint density at radius 3 is 1.25 bits per heavy atom. The number of hydrogen-bond acceptors (Lipinski definition) is 10. The average molecular weight is 597 g/mol. The Kier molecular flexibility index (Phi) is 9.75. The van der Waals surface area contributed by atoms with E-state index < -0.39 is 61.2 Å². The van der Waals surface area contributed by atoms with Crippen LogP contribution in [0, 0.1) is 0 Å². The van der Waals surface area contributed by atoms with Crippen LogP contribution in [0.2, 0.25) is 0 Å². The molecule has 5 atom stereocenters. The first-order valence-corrected chi connectivity index (χ1v) is 13.7. The molecule has 10 nitrogen and oxygen atoms in total. The van der Waals surface area contributed by atoms with Crippen molar-refractivity contribution in [2.24, 2.45) is 0 Å². The molecule has 0 spiro atoms. The molecule has 4 aromatic carbocycles. The van der Waals surface area contributed by atoms with E-state index in [-0.39, 0.29) is 22.3 Å². The zero-order chi connectivity index (χ0) is 30.9. The van der Waals surface area contributed by atoms with Crippen molar-refractivity contribution in [3.63, 3.8) is 0 Å². The number of aliphatic hydroxyl groups is 1. The van der Waals surface area contributed by atoms with Gasteiger partial charge in [0, 0.05) is 0 Å². The van der Waals surface area contributed by atoms with Crippen molar-refractivity contribution in [3.05, 3.63) is 144 Å². The van der Waals surface area contributed by atoms with Gasteiger partial charge in [-0.3, -0.25) is 0 Å². The van der Waals surface area contributed by atoms with E-state index in [1.165, 1.54) is 36.4 Å². The highest BCUT2D eigenvalue weighted by Crippen LogP contribution is 2.30. The van der Waals surface area contributed by atoms with Gasteiger partial charge in [-0.05, 0) is 48.5 Å². The van der Waals surface area contributed by atoms with Crippen LogP contribution in [0.25, 0.3) is 0 Å². The molecule has 0 aromatic heterocycles. The molecular weight excluding hydrogens is 568 g/mol. The van der Waals surface area contributed by atoms with E-state index in [0.29, 0.717) is 0 Å². The molecule has 1 aliphatic heterocycles. The van der Waals surface area contributed by atoms with Gasteiger partial charge >= 0.3 is 23.9 Å². The van der Waals surface area contributed by atoms with Crippen LogP contribution < -0.4 is 0 Å². The number of benzene rings is 4. The van der Waals surface area contributed by atoms with Crippen LogP contribution in [0.15, 0.2) is 121 Å². The molecule has 0 amide bonds. The van der Waals surface area contributed by atoms with Gasteiger partial charge in [-0.1, -0.05) is 72.8 Å². The Balaban J connectivity index is 1.48. The Morgan fingerprint density at radius 1 is 0.500 bits per heavy atom. The minimum atomic E-state index is -1.86. The summed E-state index contributed by atoms with van der Waals surface area (Å²) in [6.07, 6.45) is -7.89. The molecule has 1 aliphatic rings. The standard InChI is InChI=1S/C34H28O10/c35-30(22-13-5-1-6-14-22)40-21-26-27(42-31(36)23-15-7-2-8-16-23)28(43-32(37)24-17-9-3-10-18-24)29(34(39)41-26)44-33(38)25-19-11-4-12-20-25/h1-20,26-29,34,39H,21H2/t26?,27-,28?,29-,34+/m0/s1. The molecule has 0 aliphatic carbocycles. The predicted octanol–water partition coefficient (Wildman–Crippen LogP) is 4.24. The molecule has 1 N–H and O–H groups in total. The van der Waals surface area contributed by atoms with E-state index in [9.17, 15) is 24.3 Å². The van der Waals surface area contributed by atoms with Crippen molar-refractivity contribution in [2.45, 2.75) is 30.7 Å². The van der Waals surface area contributed by atoms with Crippen LogP contribution in [0.4, 0.5) is 0 Å². The van der Waals surface area contributed by atoms with Gasteiger partial charge in [0.15, 0.2) is 24.6 Å². The van der Waals surface area contributed by atoms with Crippen LogP contribution in [0.1, 0.15) is 41.4 Å². The zero-order valence-electron chi connectivity index (χ0n) is 23.3. The first-order valence-electron chi connectivity index (χ1n) is 13.7. The first kappa shape index (κ1) is 30.1. The third kappa shape index (κ3) is 7.35. The number of carbonyl (C=O) groups excluding carboxylic acids is 4. The highest BCUT2D eigenvalue weighted by atomic mass is 16.7. The number of aliphatic hydroxyl groups excluding tert-OH is 1. The SMILES string of the molecule is O=C(OCC1O[C@@H](O)[C@@H](OC(=O)c2ccccc2)C(OC(=O)c2ccccc2)[C@H]1OC(=O)c1ccccc1)c1ccccc1. The van der Waals surface area contributed by atoms with Gasteiger partial charge < -0.3 is 28.8 Å². The highest BCUT2D eigenvalue weighted by molar-refractivity contribution is 5.91. The molecule has 224 valence electrons. The average Bonchev–Trinajstić information content (AvgIpc) is 3.07. The van der Waals surface area contributed by atoms with Gasteiger partial charge in [0.1, 0.15) is 12.7 Å². The lowest BCUT2D eigenvalue weighted by Crippen LogP contribution is -2.62. The van der Waals surface area contributed by atoms with Crippen LogP contribution in [0.3, 0.4) is 0 Å². The third-order valence-corrected chi connectivity index (χ3v) is 6.76. The molecule has 10 heteroatoms. The van der Waals surface area contributed by atoms with Crippen molar-refractivity contribution in [1.29, 1.82) is 0 Å². The first-order chi connectivity index (χ1) is 21.4. The Morgan fingerprint density at radius 2 is 0.841 bits per heavy atom. The maximum absolute atomic E-state index is 13.3. The number of carbonyl (C=O) groups is 4.